The van der Waals surface area contributed by atoms with Crippen LogP contribution in [0.5, 0.6) is 0 Å². The number of aromatic nitrogens is 3. The van der Waals surface area contributed by atoms with E-state index in [1.165, 1.54) is 11.8 Å². The van der Waals surface area contributed by atoms with Crippen LogP contribution in [-0.2, 0) is 11.8 Å². The lowest BCUT2D eigenvalue weighted by Crippen LogP contribution is -2.14. The quantitative estimate of drug-likeness (QED) is 0.752. The molecular weight excluding hydrogens is 284 g/mol. The minimum absolute atomic E-state index is 0.0694. The van der Waals surface area contributed by atoms with Gasteiger partial charge in [-0.05, 0) is 24.3 Å². The predicted molar refractivity (Wildman–Crippen MR) is 84.3 cm³/mol. The third-order valence-electron chi connectivity index (χ3n) is 3.02. The smallest absolute Gasteiger partial charge is 0.234 e. The van der Waals surface area contributed by atoms with E-state index < -0.39 is 0 Å². The van der Waals surface area contributed by atoms with Gasteiger partial charge in [0.25, 0.3) is 0 Å². The van der Waals surface area contributed by atoms with Crippen LogP contribution in [0.2, 0.25) is 0 Å². The number of carbonyl (C=O) groups is 1. The average molecular weight is 298 g/mol. The molecule has 6 heteroatoms. The lowest BCUT2D eigenvalue weighted by Gasteiger charge is -2.04. The van der Waals surface area contributed by atoms with E-state index in [0.717, 1.165) is 16.2 Å². The zero-order chi connectivity index (χ0) is 14.7. The summed E-state index contributed by atoms with van der Waals surface area (Å²) >= 11 is 1.42. The van der Waals surface area contributed by atoms with Crippen molar-refractivity contribution in [2.75, 3.05) is 11.1 Å². The topological polar surface area (TPSA) is 59.8 Å². The van der Waals surface area contributed by atoms with E-state index >= 15 is 0 Å². The SMILES string of the molecule is Cn1c(SCC(=O)Nc2cccnc2)nc2ccccc21. The molecule has 0 saturated heterocycles. The Hall–Kier alpha value is -2.34. The van der Waals surface area contributed by atoms with Crippen LogP contribution in [0.3, 0.4) is 0 Å². The summed E-state index contributed by atoms with van der Waals surface area (Å²) < 4.78 is 2.00. The molecule has 0 spiro atoms. The van der Waals surface area contributed by atoms with Crippen molar-refractivity contribution in [3.8, 4) is 0 Å². The van der Waals surface area contributed by atoms with Gasteiger partial charge in [-0.1, -0.05) is 23.9 Å². The Balaban J connectivity index is 1.66. The van der Waals surface area contributed by atoms with E-state index in [2.05, 4.69) is 15.3 Å². The molecule has 0 saturated carbocycles. The van der Waals surface area contributed by atoms with Crippen LogP contribution in [0, 0.1) is 0 Å². The van der Waals surface area contributed by atoms with Crippen molar-refractivity contribution in [1.29, 1.82) is 0 Å². The zero-order valence-corrected chi connectivity index (χ0v) is 12.3. The molecule has 0 radical (unpaired) electrons. The number of aryl methyl sites for hydroxylation is 1. The average Bonchev–Trinajstić information content (AvgIpc) is 2.83. The number of thioether (sulfide) groups is 1. The molecule has 3 aromatic rings. The van der Waals surface area contributed by atoms with Gasteiger partial charge >= 0.3 is 0 Å². The van der Waals surface area contributed by atoms with Gasteiger partial charge < -0.3 is 9.88 Å². The summed E-state index contributed by atoms with van der Waals surface area (Å²) in [5.41, 5.74) is 2.70. The Morgan fingerprint density at radius 3 is 2.90 bits per heavy atom. The number of anilines is 1. The highest BCUT2D eigenvalue weighted by atomic mass is 32.2. The highest BCUT2D eigenvalue weighted by Gasteiger charge is 2.10. The van der Waals surface area contributed by atoms with Crippen LogP contribution in [0.4, 0.5) is 5.69 Å². The first kappa shape index (κ1) is 13.6. The van der Waals surface area contributed by atoms with Crippen LogP contribution >= 0.6 is 11.8 Å². The standard InChI is InChI=1S/C15H14N4OS/c1-19-13-7-3-2-6-12(13)18-15(19)21-10-14(20)17-11-5-4-8-16-9-11/h2-9H,10H2,1H3,(H,17,20). The van der Waals surface area contributed by atoms with Crippen molar-refractivity contribution in [2.45, 2.75) is 5.16 Å². The van der Waals surface area contributed by atoms with Gasteiger partial charge in [0.15, 0.2) is 5.16 Å². The summed E-state index contributed by atoms with van der Waals surface area (Å²) in [6, 6.07) is 11.5. The highest BCUT2D eigenvalue weighted by Crippen LogP contribution is 2.22. The molecule has 1 amide bonds. The molecule has 1 N–H and O–H groups in total. The fourth-order valence-corrected chi connectivity index (χ4v) is 2.80. The predicted octanol–water partition coefficient (Wildman–Crippen LogP) is 2.70. The molecule has 0 bridgehead atoms. The molecule has 106 valence electrons. The second-order valence-corrected chi connectivity index (χ2v) is 5.46. The number of carbonyl (C=O) groups excluding carboxylic acids is 1. The number of para-hydroxylation sites is 2. The van der Waals surface area contributed by atoms with Crippen LogP contribution in [0.1, 0.15) is 0 Å². The zero-order valence-electron chi connectivity index (χ0n) is 11.5. The molecule has 2 aromatic heterocycles. The number of nitrogens with zero attached hydrogens (tertiary/aromatic N) is 3. The third-order valence-corrected chi connectivity index (χ3v) is 4.05. The van der Waals surface area contributed by atoms with E-state index in [1.807, 2.05) is 41.9 Å². The molecular formula is C15H14N4OS. The second-order valence-electron chi connectivity index (χ2n) is 4.52. The first-order valence-corrected chi connectivity index (χ1v) is 7.47. The summed E-state index contributed by atoms with van der Waals surface area (Å²) in [4.78, 5) is 20.4. The summed E-state index contributed by atoms with van der Waals surface area (Å²) in [6.07, 6.45) is 3.29. The minimum Gasteiger partial charge on any atom is -0.324 e. The summed E-state index contributed by atoms with van der Waals surface area (Å²) in [7, 11) is 1.96. The molecule has 3 rings (SSSR count). The van der Waals surface area contributed by atoms with Gasteiger partial charge in [0, 0.05) is 13.2 Å². The fourth-order valence-electron chi connectivity index (χ4n) is 2.02. The van der Waals surface area contributed by atoms with Crippen molar-refractivity contribution in [3.05, 3.63) is 48.8 Å². The molecule has 0 aliphatic rings. The second kappa shape index (κ2) is 5.97. The molecule has 0 aliphatic heterocycles. The van der Waals surface area contributed by atoms with Crippen LogP contribution in [-0.4, -0.2) is 26.2 Å². The molecule has 0 fully saturated rings. The van der Waals surface area contributed by atoms with Crippen molar-refractivity contribution >= 4 is 34.4 Å². The van der Waals surface area contributed by atoms with E-state index in [4.69, 9.17) is 0 Å². The van der Waals surface area contributed by atoms with Crippen molar-refractivity contribution in [3.63, 3.8) is 0 Å². The summed E-state index contributed by atoms with van der Waals surface area (Å²) in [6.45, 7) is 0. The van der Waals surface area contributed by atoms with E-state index in [1.54, 1.807) is 18.5 Å². The maximum absolute atomic E-state index is 11.9. The van der Waals surface area contributed by atoms with Crippen molar-refractivity contribution in [2.24, 2.45) is 7.05 Å². The number of pyridine rings is 1. The van der Waals surface area contributed by atoms with E-state index in [0.29, 0.717) is 11.4 Å². The molecule has 0 aliphatic carbocycles. The number of fused-ring (bicyclic) bond motifs is 1. The molecule has 0 atom stereocenters. The van der Waals surface area contributed by atoms with Gasteiger partial charge in [-0.25, -0.2) is 4.98 Å². The monoisotopic (exact) mass is 298 g/mol. The Kier molecular flexibility index (Phi) is 3.87. The Morgan fingerprint density at radius 1 is 1.29 bits per heavy atom. The largest absolute Gasteiger partial charge is 0.324 e. The van der Waals surface area contributed by atoms with Crippen LogP contribution < -0.4 is 5.32 Å². The fraction of sp³-hybridized carbons (Fsp3) is 0.133. The molecule has 2 heterocycles. The number of hydrogen-bond donors (Lipinski definition) is 1. The molecule has 21 heavy (non-hydrogen) atoms. The highest BCUT2D eigenvalue weighted by molar-refractivity contribution is 7.99. The first-order valence-electron chi connectivity index (χ1n) is 6.48. The Bertz CT molecular complexity index is 770. The maximum Gasteiger partial charge on any atom is 0.234 e. The lowest BCUT2D eigenvalue weighted by atomic mass is 10.3. The van der Waals surface area contributed by atoms with Crippen LogP contribution in [0.15, 0.2) is 53.9 Å². The van der Waals surface area contributed by atoms with Crippen molar-refractivity contribution < 1.29 is 4.79 Å². The van der Waals surface area contributed by atoms with Gasteiger partial charge in [0.05, 0.1) is 28.7 Å². The number of nitrogens with one attached hydrogen (secondary N) is 1. The van der Waals surface area contributed by atoms with Crippen LogP contribution in [0.25, 0.3) is 11.0 Å². The summed E-state index contributed by atoms with van der Waals surface area (Å²) in [5.74, 6) is 0.242. The number of benzene rings is 1. The summed E-state index contributed by atoms with van der Waals surface area (Å²) in [5, 5.41) is 3.64. The van der Waals surface area contributed by atoms with E-state index in [9.17, 15) is 4.79 Å². The normalized spacial score (nSPS) is 10.7. The van der Waals surface area contributed by atoms with Gasteiger partial charge in [-0.15, -0.1) is 0 Å². The number of amides is 1. The number of hydrogen-bond acceptors (Lipinski definition) is 4. The van der Waals surface area contributed by atoms with Crippen molar-refractivity contribution in [1.82, 2.24) is 14.5 Å². The molecule has 0 unspecified atom stereocenters. The number of imidazole rings is 1. The maximum atomic E-state index is 11.9. The van der Waals surface area contributed by atoms with Gasteiger partial charge in [0.2, 0.25) is 5.91 Å². The number of rotatable bonds is 4. The van der Waals surface area contributed by atoms with Gasteiger partial charge in [0.1, 0.15) is 0 Å². The van der Waals surface area contributed by atoms with Gasteiger partial charge in [-0.3, -0.25) is 9.78 Å². The first-order chi connectivity index (χ1) is 10.2. The molecule has 5 nitrogen and oxygen atoms in total. The third kappa shape index (κ3) is 3.05. The van der Waals surface area contributed by atoms with Gasteiger partial charge in [-0.2, -0.15) is 0 Å². The van der Waals surface area contributed by atoms with E-state index in [-0.39, 0.29) is 5.91 Å². The Labute approximate surface area is 126 Å². The minimum atomic E-state index is -0.0694. The molecule has 1 aromatic carbocycles. The lowest BCUT2D eigenvalue weighted by molar-refractivity contribution is -0.113. The Morgan fingerprint density at radius 2 is 2.14 bits per heavy atom.